The number of rotatable bonds is 4. The van der Waals surface area contributed by atoms with E-state index in [-0.39, 0.29) is 11.9 Å². The Morgan fingerprint density at radius 1 is 1.10 bits per heavy atom. The normalized spacial score (nSPS) is 17.8. The summed E-state index contributed by atoms with van der Waals surface area (Å²) in [7, 11) is 0. The molecule has 0 atom stereocenters. The highest BCUT2D eigenvalue weighted by molar-refractivity contribution is 5.92. The van der Waals surface area contributed by atoms with Crippen LogP contribution in [0.15, 0.2) is 30.6 Å². The number of nitrogens with one attached hydrogen (secondary N) is 2. The first-order chi connectivity index (χ1) is 15.2. The number of morpholine rings is 1. The van der Waals surface area contributed by atoms with Gasteiger partial charge in [0.05, 0.1) is 18.7 Å². The summed E-state index contributed by atoms with van der Waals surface area (Å²) in [5.41, 5.74) is 3.41. The topological polar surface area (TPSA) is 99.3 Å². The van der Waals surface area contributed by atoms with Crippen molar-refractivity contribution in [1.29, 1.82) is 0 Å². The molecule has 2 saturated heterocycles. The molecule has 0 unspecified atom stereocenters. The highest BCUT2D eigenvalue weighted by atomic mass is 16.5. The molecule has 0 aromatic carbocycles. The summed E-state index contributed by atoms with van der Waals surface area (Å²) < 4.78 is 5.46. The number of fused-ring (bicyclic) bond motifs is 1. The molecule has 9 nitrogen and oxygen atoms in total. The van der Waals surface area contributed by atoms with Crippen LogP contribution in [0.1, 0.15) is 28.9 Å². The number of aromatic nitrogens is 4. The Morgan fingerprint density at radius 3 is 2.65 bits per heavy atom. The molecule has 3 aromatic heterocycles. The van der Waals surface area contributed by atoms with Crippen LogP contribution in [0.5, 0.6) is 0 Å². The van der Waals surface area contributed by atoms with Gasteiger partial charge in [0.15, 0.2) is 5.82 Å². The van der Waals surface area contributed by atoms with Gasteiger partial charge in [0.1, 0.15) is 11.2 Å². The van der Waals surface area contributed by atoms with Gasteiger partial charge in [-0.3, -0.25) is 9.78 Å². The first-order valence-electron chi connectivity index (χ1n) is 10.8. The van der Waals surface area contributed by atoms with Crippen molar-refractivity contribution in [2.45, 2.75) is 25.8 Å². The second-order valence-corrected chi connectivity index (χ2v) is 8.15. The molecule has 5 rings (SSSR count). The molecule has 2 fully saturated rings. The largest absolute Gasteiger partial charge is 0.378 e. The van der Waals surface area contributed by atoms with Gasteiger partial charge >= 0.3 is 0 Å². The molecular weight excluding hydrogens is 394 g/mol. The minimum Gasteiger partial charge on any atom is -0.378 e. The summed E-state index contributed by atoms with van der Waals surface area (Å²) in [6, 6.07) is 5.79. The standard InChI is InChI=1S/C22H27N7O2/c1-15-2-3-18(24-14-15)21(30)25-16-5-8-29(9-6-16)22-26-17-4-7-23-20(19(17)27-22)28-10-12-31-13-11-28/h2-4,7,14,16H,5-6,8-13H2,1H3,(H,25,30)(H,26,27). The SMILES string of the molecule is Cc1ccc(C(=O)NC2CCN(c3nc4c(N5CCOCC5)nccc4[nH]3)CC2)nc1. The zero-order valence-corrected chi connectivity index (χ0v) is 17.7. The number of carbonyl (C=O) groups excluding carboxylic acids is 1. The lowest BCUT2D eigenvalue weighted by atomic mass is 10.1. The second-order valence-electron chi connectivity index (χ2n) is 8.15. The Morgan fingerprint density at radius 2 is 1.90 bits per heavy atom. The van der Waals surface area contributed by atoms with Crippen LogP contribution in [-0.2, 0) is 4.74 Å². The average Bonchev–Trinajstić information content (AvgIpc) is 3.25. The van der Waals surface area contributed by atoms with Gasteiger partial charge in [-0.25, -0.2) is 9.97 Å². The zero-order valence-electron chi connectivity index (χ0n) is 17.7. The van der Waals surface area contributed by atoms with Crippen LogP contribution < -0.4 is 15.1 Å². The average molecular weight is 422 g/mol. The summed E-state index contributed by atoms with van der Waals surface area (Å²) in [5.74, 6) is 1.67. The van der Waals surface area contributed by atoms with E-state index in [1.807, 2.05) is 25.3 Å². The number of nitrogens with zero attached hydrogens (tertiary/aromatic N) is 5. The second kappa shape index (κ2) is 8.50. The summed E-state index contributed by atoms with van der Waals surface area (Å²) in [6.07, 6.45) is 5.28. The molecule has 162 valence electrons. The number of H-pyrrole nitrogens is 1. The molecule has 2 N–H and O–H groups in total. The third-order valence-corrected chi connectivity index (χ3v) is 5.95. The molecule has 1 amide bonds. The number of aromatic amines is 1. The molecule has 31 heavy (non-hydrogen) atoms. The van der Waals surface area contributed by atoms with Crippen LogP contribution >= 0.6 is 0 Å². The van der Waals surface area contributed by atoms with Gasteiger partial charge in [-0.15, -0.1) is 0 Å². The third-order valence-electron chi connectivity index (χ3n) is 5.95. The first kappa shape index (κ1) is 19.7. The summed E-state index contributed by atoms with van der Waals surface area (Å²) in [6.45, 7) is 6.70. The summed E-state index contributed by atoms with van der Waals surface area (Å²) >= 11 is 0. The van der Waals surface area contributed by atoms with Crippen molar-refractivity contribution in [1.82, 2.24) is 25.3 Å². The highest BCUT2D eigenvalue weighted by Gasteiger charge is 2.24. The maximum absolute atomic E-state index is 12.5. The number of pyridine rings is 2. The van der Waals surface area contributed by atoms with Crippen molar-refractivity contribution >= 4 is 28.7 Å². The number of anilines is 2. The van der Waals surface area contributed by atoms with Gasteiger partial charge in [0.25, 0.3) is 5.91 Å². The smallest absolute Gasteiger partial charge is 0.270 e. The molecule has 0 radical (unpaired) electrons. The maximum atomic E-state index is 12.5. The van der Waals surface area contributed by atoms with E-state index >= 15 is 0 Å². The van der Waals surface area contributed by atoms with Gasteiger partial charge in [-0.05, 0) is 37.5 Å². The maximum Gasteiger partial charge on any atom is 0.270 e. The predicted molar refractivity (Wildman–Crippen MR) is 119 cm³/mol. The summed E-state index contributed by atoms with van der Waals surface area (Å²) in [5, 5.41) is 3.12. The number of amides is 1. The lowest BCUT2D eigenvalue weighted by molar-refractivity contribution is 0.0926. The molecular formula is C22H27N7O2. The van der Waals surface area contributed by atoms with E-state index in [4.69, 9.17) is 9.72 Å². The number of imidazole rings is 1. The Hall–Kier alpha value is -3.20. The molecule has 5 heterocycles. The number of ether oxygens (including phenoxy) is 1. The van der Waals surface area contributed by atoms with Crippen molar-refractivity contribution in [3.05, 3.63) is 41.9 Å². The van der Waals surface area contributed by atoms with Gasteiger partial charge in [-0.2, -0.15) is 0 Å². The van der Waals surface area contributed by atoms with Gasteiger partial charge in [-0.1, -0.05) is 6.07 Å². The number of hydrogen-bond donors (Lipinski definition) is 2. The van der Waals surface area contributed by atoms with Crippen LogP contribution in [-0.4, -0.2) is 71.3 Å². The van der Waals surface area contributed by atoms with E-state index in [2.05, 4.69) is 30.1 Å². The minimum atomic E-state index is -0.108. The van der Waals surface area contributed by atoms with Crippen LogP contribution in [0.2, 0.25) is 0 Å². The number of hydrogen-bond acceptors (Lipinski definition) is 7. The Labute approximate surface area is 180 Å². The number of aryl methyl sites for hydroxylation is 1. The van der Waals surface area contributed by atoms with Crippen molar-refractivity contribution in [3.8, 4) is 0 Å². The number of piperidine rings is 1. The predicted octanol–water partition coefficient (Wildman–Crippen LogP) is 1.90. The van der Waals surface area contributed by atoms with Crippen molar-refractivity contribution in [3.63, 3.8) is 0 Å². The van der Waals surface area contributed by atoms with E-state index in [0.717, 1.165) is 67.4 Å². The van der Waals surface area contributed by atoms with Crippen LogP contribution in [0, 0.1) is 6.92 Å². The molecule has 0 spiro atoms. The monoisotopic (exact) mass is 421 g/mol. The molecule has 3 aromatic rings. The van der Waals surface area contributed by atoms with Gasteiger partial charge < -0.3 is 24.8 Å². The van der Waals surface area contributed by atoms with E-state index in [1.54, 1.807) is 12.3 Å². The highest BCUT2D eigenvalue weighted by Crippen LogP contribution is 2.27. The van der Waals surface area contributed by atoms with Crippen LogP contribution in [0.25, 0.3) is 11.0 Å². The first-order valence-corrected chi connectivity index (χ1v) is 10.8. The van der Waals surface area contributed by atoms with Gasteiger partial charge in [0.2, 0.25) is 5.95 Å². The van der Waals surface area contributed by atoms with Crippen molar-refractivity contribution in [2.75, 3.05) is 49.2 Å². The quantitative estimate of drug-likeness (QED) is 0.664. The molecule has 0 bridgehead atoms. The van der Waals surface area contributed by atoms with E-state index in [0.29, 0.717) is 18.9 Å². The molecule has 0 aliphatic carbocycles. The fraction of sp³-hybridized carbons (Fsp3) is 0.455. The Kier molecular flexibility index (Phi) is 5.42. The number of carbonyl (C=O) groups is 1. The van der Waals surface area contributed by atoms with Crippen molar-refractivity contribution < 1.29 is 9.53 Å². The fourth-order valence-electron chi connectivity index (χ4n) is 4.16. The third kappa shape index (κ3) is 4.18. The van der Waals surface area contributed by atoms with Crippen LogP contribution in [0.4, 0.5) is 11.8 Å². The van der Waals surface area contributed by atoms with E-state index in [9.17, 15) is 4.79 Å². The lowest BCUT2D eigenvalue weighted by Gasteiger charge is -2.32. The Bertz CT molecular complexity index is 1050. The molecule has 9 heteroatoms. The molecule has 2 aliphatic heterocycles. The molecule has 2 aliphatic rings. The summed E-state index contributed by atoms with van der Waals surface area (Å²) in [4.78, 5) is 34.1. The Balaban J connectivity index is 1.24. The van der Waals surface area contributed by atoms with Gasteiger partial charge in [0, 0.05) is 44.6 Å². The fourth-order valence-corrected chi connectivity index (χ4v) is 4.16. The van der Waals surface area contributed by atoms with E-state index < -0.39 is 0 Å². The minimum absolute atomic E-state index is 0.108. The molecule has 0 saturated carbocycles. The zero-order chi connectivity index (χ0) is 21.2. The lowest BCUT2D eigenvalue weighted by Crippen LogP contribution is -2.45. The van der Waals surface area contributed by atoms with E-state index in [1.165, 1.54) is 0 Å². The van der Waals surface area contributed by atoms with Crippen molar-refractivity contribution in [2.24, 2.45) is 0 Å². The van der Waals surface area contributed by atoms with Crippen LogP contribution in [0.3, 0.4) is 0 Å².